The van der Waals surface area contributed by atoms with Crippen LogP contribution in [-0.4, -0.2) is 15.9 Å². The lowest BCUT2D eigenvalue weighted by atomic mass is 10.0. The fourth-order valence-corrected chi connectivity index (χ4v) is 1.87. The van der Waals surface area contributed by atoms with Crippen molar-refractivity contribution in [3.8, 4) is 11.3 Å². The van der Waals surface area contributed by atoms with Gasteiger partial charge in [0.05, 0.1) is 5.69 Å². The van der Waals surface area contributed by atoms with Crippen LogP contribution in [0, 0.1) is 6.92 Å². The first-order chi connectivity index (χ1) is 8.58. The number of carbonyl (C=O) groups excluding carboxylic acids is 1. The highest BCUT2D eigenvalue weighted by Crippen LogP contribution is 2.27. The number of nitrogens with zero attached hydrogens (tertiary/aromatic N) is 2. The normalized spacial score (nSPS) is 10.2. The maximum Gasteiger partial charge on any atom is 0.222 e. The van der Waals surface area contributed by atoms with Crippen molar-refractivity contribution in [1.29, 1.82) is 0 Å². The summed E-state index contributed by atoms with van der Waals surface area (Å²) in [5, 5.41) is 2.99. The first-order valence-corrected chi connectivity index (χ1v) is 5.82. The molecule has 0 saturated heterocycles. The van der Waals surface area contributed by atoms with Gasteiger partial charge in [-0.25, -0.2) is 9.97 Å². The third kappa shape index (κ3) is 2.65. The number of carbonyl (C=O) groups is 1. The van der Waals surface area contributed by atoms with Gasteiger partial charge < -0.3 is 5.32 Å². The Balaban J connectivity index is 2.49. The number of hydrogen-bond donors (Lipinski definition) is 1. The van der Waals surface area contributed by atoms with E-state index in [2.05, 4.69) is 15.3 Å². The van der Waals surface area contributed by atoms with Crippen LogP contribution in [0.15, 0.2) is 30.5 Å². The Hall–Kier alpha value is -1.94. The van der Waals surface area contributed by atoms with Crippen molar-refractivity contribution in [3.05, 3.63) is 41.3 Å². The number of nitrogens with one attached hydrogen (secondary N) is 1. The molecule has 0 spiro atoms. The Morgan fingerprint density at radius 1 is 1.33 bits per heavy atom. The summed E-state index contributed by atoms with van der Waals surface area (Å²) in [5.41, 5.74) is 3.38. The van der Waals surface area contributed by atoms with Crippen molar-refractivity contribution in [3.63, 3.8) is 0 Å². The van der Waals surface area contributed by atoms with E-state index in [1.807, 2.05) is 25.1 Å². The number of halogens is 1. The average Bonchev–Trinajstić information content (AvgIpc) is 2.31. The van der Waals surface area contributed by atoms with E-state index in [1.54, 1.807) is 12.3 Å². The van der Waals surface area contributed by atoms with Crippen molar-refractivity contribution in [1.82, 2.24) is 9.97 Å². The van der Waals surface area contributed by atoms with Gasteiger partial charge in [-0.1, -0.05) is 12.1 Å². The van der Waals surface area contributed by atoms with Gasteiger partial charge in [-0.2, -0.15) is 0 Å². The number of anilines is 1. The molecule has 0 atom stereocenters. The van der Waals surface area contributed by atoms with E-state index in [0.717, 1.165) is 22.5 Å². The molecule has 1 aromatic heterocycles. The van der Waals surface area contributed by atoms with Gasteiger partial charge in [-0.05, 0) is 36.2 Å². The molecule has 0 unspecified atom stereocenters. The molecule has 18 heavy (non-hydrogen) atoms. The highest BCUT2D eigenvalue weighted by Gasteiger charge is 2.08. The summed E-state index contributed by atoms with van der Waals surface area (Å²) in [6.07, 6.45) is 1.61. The van der Waals surface area contributed by atoms with Gasteiger partial charge in [-0.3, -0.25) is 4.79 Å². The van der Waals surface area contributed by atoms with Gasteiger partial charge in [-0.15, -0.1) is 0 Å². The fraction of sp³-hybridized carbons (Fsp3) is 0.154. The molecule has 92 valence electrons. The zero-order chi connectivity index (χ0) is 13.1. The van der Waals surface area contributed by atoms with Crippen LogP contribution in [0.3, 0.4) is 0 Å². The molecular formula is C13H12ClN3O. The summed E-state index contributed by atoms with van der Waals surface area (Å²) in [7, 11) is 0. The Bertz CT molecular complexity index is 599. The topological polar surface area (TPSA) is 54.9 Å². The largest absolute Gasteiger partial charge is 0.326 e. The monoisotopic (exact) mass is 261 g/mol. The first-order valence-electron chi connectivity index (χ1n) is 5.44. The van der Waals surface area contributed by atoms with Crippen molar-refractivity contribution in [2.75, 3.05) is 5.32 Å². The maximum atomic E-state index is 11.1. The zero-order valence-corrected chi connectivity index (χ0v) is 10.8. The molecule has 0 aliphatic rings. The van der Waals surface area contributed by atoms with E-state index < -0.39 is 0 Å². The summed E-state index contributed by atoms with van der Waals surface area (Å²) >= 11 is 5.78. The Kier molecular flexibility index (Phi) is 3.58. The maximum absolute atomic E-state index is 11.1. The minimum Gasteiger partial charge on any atom is -0.326 e. The number of benzene rings is 1. The van der Waals surface area contributed by atoms with Crippen LogP contribution in [0.1, 0.15) is 12.5 Å². The molecule has 4 nitrogen and oxygen atoms in total. The molecule has 1 amide bonds. The zero-order valence-electron chi connectivity index (χ0n) is 10.1. The lowest BCUT2D eigenvalue weighted by Crippen LogP contribution is -2.07. The summed E-state index contributed by atoms with van der Waals surface area (Å²) < 4.78 is 0. The molecule has 0 aliphatic carbocycles. The van der Waals surface area contributed by atoms with E-state index in [4.69, 9.17) is 11.6 Å². The molecule has 2 aromatic rings. The van der Waals surface area contributed by atoms with Crippen molar-refractivity contribution < 1.29 is 4.79 Å². The van der Waals surface area contributed by atoms with Gasteiger partial charge in [0.25, 0.3) is 0 Å². The van der Waals surface area contributed by atoms with Crippen molar-refractivity contribution in [2.45, 2.75) is 13.8 Å². The van der Waals surface area contributed by atoms with Crippen LogP contribution in [0.25, 0.3) is 11.3 Å². The molecule has 0 radical (unpaired) electrons. The van der Waals surface area contributed by atoms with Gasteiger partial charge in [0.2, 0.25) is 11.2 Å². The van der Waals surface area contributed by atoms with Crippen molar-refractivity contribution >= 4 is 23.2 Å². The lowest BCUT2D eigenvalue weighted by molar-refractivity contribution is -0.114. The Morgan fingerprint density at radius 2 is 2.11 bits per heavy atom. The summed E-state index contributed by atoms with van der Waals surface area (Å²) in [4.78, 5) is 19.1. The molecule has 1 aromatic carbocycles. The van der Waals surface area contributed by atoms with Crippen LogP contribution in [0.5, 0.6) is 0 Å². The van der Waals surface area contributed by atoms with Crippen molar-refractivity contribution in [2.24, 2.45) is 0 Å². The fourth-order valence-electron chi connectivity index (χ4n) is 1.72. The highest BCUT2D eigenvalue weighted by atomic mass is 35.5. The molecule has 0 saturated carbocycles. The Morgan fingerprint density at radius 3 is 2.78 bits per heavy atom. The summed E-state index contributed by atoms with van der Waals surface area (Å²) in [5.74, 6) is -0.101. The predicted octanol–water partition coefficient (Wildman–Crippen LogP) is 3.06. The molecule has 0 aliphatic heterocycles. The van der Waals surface area contributed by atoms with Crippen LogP contribution < -0.4 is 5.32 Å². The number of hydrogen-bond acceptors (Lipinski definition) is 3. The van der Waals surface area contributed by atoms with Crippen LogP contribution in [0.4, 0.5) is 5.69 Å². The van der Waals surface area contributed by atoms with Gasteiger partial charge >= 0.3 is 0 Å². The third-order valence-electron chi connectivity index (χ3n) is 2.55. The molecule has 5 heteroatoms. The second-order valence-corrected chi connectivity index (χ2v) is 4.21. The van der Waals surface area contributed by atoms with Gasteiger partial charge in [0.1, 0.15) is 0 Å². The SMILES string of the molecule is CC(=O)Nc1cccc(-c2ccnc(Cl)n2)c1C. The highest BCUT2D eigenvalue weighted by molar-refractivity contribution is 6.28. The van der Waals surface area contributed by atoms with E-state index in [0.29, 0.717) is 0 Å². The lowest BCUT2D eigenvalue weighted by Gasteiger charge is -2.11. The van der Waals surface area contributed by atoms with Gasteiger partial charge in [0.15, 0.2) is 0 Å². The number of amides is 1. The minimum atomic E-state index is -0.101. The Labute approximate surface area is 110 Å². The van der Waals surface area contributed by atoms with E-state index in [1.165, 1.54) is 6.92 Å². The van der Waals surface area contributed by atoms with Crippen LogP contribution in [-0.2, 0) is 4.79 Å². The third-order valence-corrected chi connectivity index (χ3v) is 2.73. The van der Waals surface area contributed by atoms with E-state index >= 15 is 0 Å². The number of rotatable bonds is 2. The number of aromatic nitrogens is 2. The smallest absolute Gasteiger partial charge is 0.222 e. The molecule has 0 fully saturated rings. The molecule has 1 heterocycles. The van der Waals surface area contributed by atoms with E-state index in [-0.39, 0.29) is 11.2 Å². The first kappa shape index (κ1) is 12.5. The molecule has 0 bridgehead atoms. The van der Waals surface area contributed by atoms with E-state index in [9.17, 15) is 4.79 Å². The summed E-state index contributed by atoms with van der Waals surface area (Å²) in [6.45, 7) is 3.41. The second kappa shape index (κ2) is 5.14. The van der Waals surface area contributed by atoms with Gasteiger partial charge in [0, 0.05) is 24.4 Å². The standard InChI is InChI=1S/C13H12ClN3O/c1-8-10(12-6-7-15-13(14)17-12)4-3-5-11(8)16-9(2)18/h3-7H,1-2H3,(H,16,18). The minimum absolute atomic E-state index is 0.101. The van der Waals surface area contributed by atoms with Crippen LogP contribution >= 0.6 is 11.6 Å². The predicted molar refractivity (Wildman–Crippen MR) is 71.5 cm³/mol. The summed E-state index contributed by atoms with van der Waals surface area (Å²) in [6, 6.07) is 7.43. The van der Waals surface area contributed by atoms with Crippen LogP contribution in [0.2, 0.25) is 5.28 Å². The quantitative estimate of drug-likeness (QED) is 0.846. The molecular weight excluding hydrogens is 250 g/mol. The molecule has 1 N–H and O–H groups in total. The second-order valence-electron chi connectivity index (χ2n) is 3.87. The molecule has 2 rings (SSSR count). The average molecular weight is 262 g/mol.